The molecule has 1 saturated carbocycles. The third-order valence-electron chi connectivity index (χ3n) is 6.79. The van der Waals surface area contributed by atoms with Crippen LogP contribution in [0.2, 0.25) is 0 Å². The average molecular weight is 475 g/mol. The summed E-state index contributed by atoms with van der Waals surface area (Å²) in [6, 6.07) is 11.9. The number of carbonyl (C=O) groups excluding carboxylic acids is 2. The maximum Gasteiger partial charge on any atom is 0.410 e. The number of hydrogen-bond acceptors (Lipinski definition) is 7. The van der Waals surface area contributed by atoms with Crippen LogP contribution >= 0.6 is 0 Å². The predicted molar refractivity (Wildman–Crippen MR) is 134 cm³/mol. The molecule has 1 amide bonds. The third kappa shape index (κ3) is 4.77. The quantitative estimate of drug-likeness (QED) is 0.501. The second-order valence-corrected chi connectivity index (χ2v) is 8.97. The first-order valence-corrected chi connectivity index (χ1v) is 12.1. The van der Waals surface area contributed by atoms with Gasteiger partial charge in [-0.2, -0.15) is 4.98 Å². The Morgan fingerprint density at radius 2 is 1.97 bits per heavy atom. The molecule has 3 heterocycles. The number of ether oxygens (including phenoxy) is 1. The lowest BCUT2D eigenvalue weighted by molar-refractivity contribution is 0.0816. The largest absolute Gasteiger partial charge is 0.450 e. The van der Waals surface area contributed by atoms with E-state index in [1.54, 1.807) is 9.42 Å². The molecule has 9 heteroatoms. The van der Waals surface area contributed by atoms with Crippen molar-refractivity contribution in [3.05, 3.63) is 59.8 Å². The minimum atomic E-state index is -0.280. The highest BCUT2D eigenvalue weighted by Gasteiger charge is 2.33. The van der Waals surface area contributed by atoms with E-state index >= 15 is 0 Å². The molecule has 5 rings (SSSR count). The molecular formula is C26H30N6O3. The maximum atomic E-state index is 12.6. The van der Waals surface area contributed by atoms with Crippen molar-refractivity contribution < 1.29 is 14.3 Å². The van der Waals surface area contributed by atoms with Gasteiger partial charge in [-0.3, -0.25) is 4.79 Å². The molecule has 0 saturated heterocycles. The number of nitrogens with one attached hydrogen (secondary N) is 2. The van der Waals surface area contributed by atoms with Gasteiger partial charge >= 0.3 is 6.09 Å². The van der Waals surface area contributed by atoms with Crippen LogP contribution in [0.15, 0.2) is 48.7 Å². The molecule has 2 N–H and O–H groups in total. The number of hydrogen-bond donors (Lipinski definition) is 2. The van der Waals surface area contributed by atoms with E-state index < -0.39 is 0 Å². The highest BCUT2D eigenvalue weighted by atomic mass is 16.6. The summed E-state index contributed by atoms with van der Waals surface area (Å²) in [4.78, 5) is 31.0. The van der Waals surface area contributed by atoms with E-state index in [-0.39, 0.29) is 17.8 Å². The van der Waals surface area contributed by atoms with Crippen molar-refractivity contribution in [2.75, 3.05) is 32.1 Å². The topological polar surface area (TPSA) is 101 Å². The van der Waals surface area contributed by atoms with Gasteiger partial charge in [0.05, 0.1) is 6.61 Å². The standard InChI is InChI=1S/C26H30N6O3/c1-3-35-26(34)31-13-10-17(11-14-31)22-5-4-12-32-24(22)29-25(30-32)28-20-8-6-18(7-9-20)23(33)19-15-21(16-19)27-2/h4-10,12,19,21,27H,3,11,13-16H2,1-2H3,(H,28,30). The van der Waals surface area contributed by atoms with Crippen molar-refractivity contribution >= 4 is 34.7 Å². The van der Waals surface area contributed by atoms with Crippen LogP contribution in [0, 0.1) is 5.92 Å². The van der Waals surface area contributed by atoms with Crippen LogP contribution in [0.1, 0.15) is 42.1 Å². The Morgan fingerprint density at radius 3 is 2.66 bits per heavy atom. The van der Waals surface area contributed by atoms with Gasteiger partial charge in [-0.1, -0.05) is 6.08 Å². The van der Waals surface area contributed by atoms with Crippen LogP contribution < -0.4 is 10.6 Å². The molecule has 0 radical (unpaired) electrons. The molecule has 1 fully saturated rings. The molecule has 35 heavy (non-hydrogen) atoms. The molecule has 182 valence electrons. The fourth-order valence-corrected chi connectivity index (χ4v) is 4.65. The fraction of sp³-hybridized carbons (Fsp3) is 0.385. The molecule has 0 atom stereocenters. The summed E-state index contributed by atoms with van der Waals surface area (Å²) in [5.74, 6) is 0.806. The zero-order valence-corrected chi connectivity index (χ0v) is 20.0. The Labute approximate surface area is 204 Å². The summed E-state index contributed by atoms with van der Waals surface area (Å²) in [6.45, 7) is 3.29. The third-order valence-corrected chi connectivity index (χ3v) is 6.79. The van der Waals surface area contributed by atoms with Crippen LogP contribution in [0.25, 0.3) is 11.2 Å². The van der Waals surface area contributed by atoms with Gasteiger partial charge in [0.2, 0.25) is 5.95 Å². The number of benzene rings is 1. The fourth-order valence-electron chi connectivity index (χ4n) is 4.65. The first-order valence-electron chi connectivity index (χ1n) is 12.1. The number of rotatable bonds is 7. The molecule has 2 aromatic heterocycles. The Balaban J connectivity index is 1.28. The molecular weight excluding hydrogens is 444 g/mol. The Bertz CT molecular complexity index is 1260. The normalized spacial score (nSPS) is 19.7. The number of ketones is 1. The molecule has 2 aliphatic rings. The van der Waals surface area contributed by atoms with Gasteiger partial charge in [0, 0.05) is 48.1 Å². The molecule has 1 aliphatic carbocycles. The van der Waals surface area contributed by atoms with Crippen molar-refractivity contribution in [3.63, 3.8) is 0 Å². The Morgan fingerprint density at radius 1 is 1.17 bits per heavy atom. The number of aromatic nitrogens is 3. The molecule has 1 aromatic carbocycles. The van der Waals surface area contributed by atoms with E-state index in [1.807, 2.05) is 62.6 Å². The lowest BCUT2D eigenvalue weighted by Crippen LogP contribution is -2.42. The summed E-state index contributed by atoms with van der Waals surface area (Å²) >= 11 is 0. The van der Waals surface area contributed by atoms with E-state index in [0.717, 1.165) is 47.3 Å². The van der Waals surface area contributed by atoms with Crippen molar-refractivity contribution in [1.29, 1.82) is 0 Å². The SMILES string of the molecule is CCOC(=O)N1CC=C(c2cccn3nc(Nc4ccc(C(=O)C5CC(NC)C5)cc4)nc23)CC1. The van der Waals surface area contributed by atoms with Gasteiger partial charge in [-0.15, -0.1) is 5.10 Å². The van der Waals surface area contributed by atoms with Crippen LogP contribution in [0.5, 0.6) is 0 Å². The van der Waals surface area contributed by atoms with Crippen molar-refractivity contribution in [3.8, 4) is 0 Å². The second-order valence-electron chi connectivity index (χ2n) is 8.97. The first-order chi connectivity index (χ1) is 17.1. The van der Waals surface area contributed by atoms with E-state index in [2.05, 4.69) is 15.7 Å². The number of pyridine rings is 1. The molecule has 9 nitrogen and oxygen atoms in total. The molecule has 0 spiro atoms. The van der Waals surface area contributed by atoms with Gasteiger partial charge in [-0.25, -0.2) is 9.31 Å². The zero-order chi connectivity index (χ0) is 24.4. The molecule has 1 aliphatic heterocycles. The van der Waals surface area contributed by atoms with Gasteiger partial charge in [0.1, 0.15) is 0 Å². The summed E-state index contributed by atoms with van der Waals surface area (Å²) < 4.78 is 6.86. The minimum Gasteiger partial charge on any atom is -0.450 e. The second kappa shape index (κ2) is 9.87. The van der Waals surface area contributed by atoms with E-state index in [0.29, 0.717) is 31.7 Å². The Kier molecular flexibility index (Phi) is 6.50. The number of amides is 1. The van der Waals surface area contributed by atoms with Crippen molar-refractivity contribution in [2.45, 2.75) is 32.2 Å². The zero-order valence-electron chi connectivity index (χ0n) is 20.0. The maximum absolute atomic E-state index is 12.6. The summed E-state index contributed by atoms with van der Waals surface area (Å²) in [7, 11) is 1.94. The van der Waals surface area contributed by atoms with Crippen LogP contribution in [-0.4, -0.2) is 64.2 Å². The number of nitrogens with zero attached hydrogens (tertiary/aromatic N) is 4. The number of Topliss-reactive ketones (excluding diaryl/α,β-unsaturated/α-hetero) is 1. The van der Waals surface area contributed by atoms with Crippen molar-refractivity contribution in [2.24, 2.45) is 5.92 Å². The van der Waals surface area contributed by atoms with Crippen LogP contribution in [0.3, 0.4) is 0 Å². The van der Waals surface area contributed by atoms with Gasteiger partial charge in [0.15, 0.2) is 11.4 Å². The molecule has 3 aromatic rings. The van der Waals surface area contributed by atoms with Gasteiger partial charge in [0.25, 0.3) is 0 Å². The van der Waals surface area contributed by atoms with Crippen molar-refractivity contribution in [1.82, 2.24) is 24.8 Å². The van der Waals surface area contributed by atoms with Crippen LogP contribution in [0.4, 0.5) is 16.4 Å². The summed E-state index contributed by atoms with van der Waals surface area (Å²) in [5.41, 5.74) is 4.44. The lowest BCUT2D eigenvalue weighted by Gasteiger charge is -2.33. The van der Waals surface area contributed by atoms with Gasteiger partial charge in [-0.05, 0) is 75.2 Å². The van der Waals surface area contributed by atoms with E-state index in [9.17, 15) is 9.59 Å². The molecule has 0 unspecified atom stereocenters. The van der Waals surface area contributed by atoms with Gasteiger partial charge < -0.3 is 20.3 Å². The van der Waals surface area contributed by atoms with E-state index in [4.69, 9.17) is 9.72 Å². The smallest absolute Gasteiger partial charge is 0.410 e. The average Bonchev–Trinajstić information content (AvgIpc) is 3.26. The predicted octanol–water partition coefficient (Wildman–Crippen LogP) is 3.90. The monoisotopic (exact) mass is 474 g/mol. The van der Waals surface area contributed by atoms with E-state index in [1.165, 1.54) is 0 Å². The first kappa shape index (κ1) is 23.0. The van der Waals surface area contributed by atoms with Crippen LogP contribution in [-0.2, 0) is 4.74 Å². The number of fused-ring (bicyclic) bond motifs is 1. The minimum absolute atomic E-state index is 0.114. The summed E-state index contributed by atoms with van der Waals surface area (Å²) in [6.07, 6.45) is 6.16. The number of anilines is 2. The summed E-state index contributed by atoms with van der Waals surface area (Å²) in [5, 5.41) is 11.0. The lowest BCUT2D eigenvalue weighted by atomic mass is 9.76. The molecule has 0 bridgehead atoms. The number of carbonyl (C=O) groups is 2. The Hall–Kier alpha value is -3.72. The highest BCUT2D eigenvalue weighted by molar-refractivity contribution is 5.98. The highest BCUT2D eigenvalue weighted by Crippen LogP contribution is 2.31.